The summed E-state index contributed by atoms with van der Waals surface area (Å²) in [5.41, 5.74) is 0.683. The molecule has 0 aromatic heterocycles. The Labute approximate surface area is 56.8 Å². The molecular formula is C8H15N. The van der Waals surface area contributed by atoms with Crippen LogP contribution in [0.25, 0.3) is 0 Å². The Morgan fingerprint density at radius 2 is 2.44 bits per heavy atom. The minimum atomic E-state index is 0.683. The molecule has 1 saturated heterocycles. The second-order valence-corrected chi connectivity index (χ2v) is 4.05. The molecule has 1 N–H and O–H groups in total. The summed E-state index contributed by atoms with van der Waals surface area (Å²) in [6.07, 6.45) is 4.42. The van der Waals surface area contributed by atoms with E-state index in [1.165, 1.54) is 32.4 Å². The van der Waals surface area contributed by atoms with Crippen molar-refractivity contribution in [3.8, 4) is 0 Å². The average molecular weight is 125 g/mol. The summed E-state index contributed by atoms with van der Waals surface area (Å²) in [7, 11) is 0. The molecule has 1 unspecified atom stereocenters. The average Bonchev–Trinajstić information content (AvgIpc) is 2.07. The van der Waals surface area contributed by atoms with E-state index >= 15 is 0 Å². The van der Waals surface area contributed by atoms with Gasteiger partial charge in [0, 0.05) is 6.54 Å². The lowest BCUT2D eigenvalue weighted by molar-refractivity contribution is 0.258. The van der Waals surface area contributed by atoms with E-state index in [1.807, 2.05) is 0 Å². The zero-order valence-corrected chi connectivity index (χ0v) is 6.11. The normalized spacial score (nSPS) is 49.7. The fourth-order valence-corrected chi connectivity index (χ4v) is 2.37. The van der Waals surface area contributed by atoms with E-state index in [0.717, 1.165) is 5.92 Å². The molecule has 0 radical (unpaired) electrons. The molecule has 1 nitrogen and oxygen atoms in total. The third-order valence-corrected chi connectivity index (χ3v) is 2.92. The first-order valence-electron chi connectivity index (χ1n) is 3.99. The molecule has 2 aliphatic rings. The summed E-state index contributed by atoms with van der Waals surface area (Å²) in [4.78, 5) is 0. The Kier molecular flexibility index (Phi) is 1.10. The first-order chi connectivity index (χ1) is 4.29. The van der Waals surface area contributed by atoms with Crippen LogP contribution in [0.4, 0.5) is 0 Å². The van der Waals surface area contributed by atoms with Gasteiger partial charge in [0.2, 0.25) is 0 Å². The molecule has 0 amide bonds. The first-order valence-corrected chi connectivity index (χ1v) is 3.99. The van der Waals surface area contributed by atoms with E-state index in [9.17, 15) is 0 Å². The first kappa shape index (κ1) is 5.72. The molecule has 2 atom stereocenters. The van der Waals surface area contributed by atoms with Gasteiger partial charge in [-0.15, -0.1) is 0 Å². The third-order valence-electron chi connectivity index (χ3n) is 2.92. The number of nitrogens with one attached hydrogen (secondary N) is 1. The second-order valence-electron chi connectivity index (χ2n) is 4.05. The summed E-state index contributed by atoms with van der Waals surface area (Å²) in [5, 5.41) is 3.49. The number of rotatable bonds is 0. The molecule has 2 fully saturated rings. The van der Waals surface area contributed by atoms with Crippen LogP contribution < -0.4 is 5.32 Å². The van der Waals surface area contributed by atoms with Crippen molar-refractivity contribution >= 4 is 0 Å². The number of fused-ring (bicyclic) bond motifs is 2. The lowest BCUT2D eigenvalue weighted by Crippen LogP contribution is -2.36. The van der Waals surface area contributed by atoms with E-state index in [2.05, 4.69) is 12.2 Å². The van der Waals surface area contributed by atoms with Crippen LogP contribution in [-0.4, -0.2) is 13.1 Å². The maximum atomic E-state index is 3.49. The van der Waals surface area contributed by atoms with Crippen LogP contribution in [0.5, 0.6) is 0 Å². The van der Waals surface area contributed by atoms with E-state index in [-0.39, 0.29) is 0 Å². The van der Waals surface area contributed by atoms with Crippen molar-refractivity contribution in [1.82, 2.24) is 5.32 Å². The molecule has 2 bridgehead atoms. The van der Waals surface area contributed by atoms with Gasteiger partial charge in [-0.05, 0) is 37.1 Å². The van der Waals surface area contributed by atoms with E-state index in [1.54, 1.807) is 0 Å². The molecule has 0 aromatic rings. The van der Waals surface area contributed by atoms with Crippen LogP contribution in [0, 0.1) is 11.3 Å². The Hall–Kier alpha value is -0.0400. The number of hydrogen-bond acceptors (Lipinski definition) is 1. The van der Waals surface area contributed by atoms with Crippen LogP contribution in [0.1, 0.15) is 26.2 Å². The molecule has 9 heavy (non-hydrogen) atoms. The number of piperidine rings is 1. The van der Waals surface area contributed by atoms with Crippen molar-refractivity contribution in [1.29, 1.82) is 0 Å². The Balaban J connectivity index is 2.13. The number of hydrogen-bond donors (Lipinski definition) is 1. The monoisotopic (exact) mass is 125 g/mol. The van der Waals surface area contributed by atoms with Crippen molar-refractivity contribution in [3.05, 3.63) is 0 Å². The molecule has 1 aliphatic carbocycles. The van der Waals surface area contributed by atoms with Crippen molar-refractivity contribution < 1.29 is 0 Å². The van der Waals surface area contributed by atoms with Crippen molar-refractivity contribution in [3.63, 3.8) is 0 Å². The maximum absolute atomic E-state index is 3.49. The molecule has 2 rings (SSSR count). The Morgan fingerprint density at radius 1 is 1.56 bits per heavy atom. The second kappa shape index (κ2) is 1.72. The quantitative estimate of drug-likeness (QED) is 0.516. The van der Waals surface area contributed by atoms with Crippen LogP contribution in [0.3, 0.4) is 0 Å². The van der Waals surface area contributed by atoms with Gasteiger partial charge in [-0.25, -0.2) is 0 Å². The molecule has 1 heterocycles. The molecule has 0 aromatic carbocycles. The zero-order chi connectivity index (χ0) is 6.32. The largest absolute Gasteiger partial charge is 0.316 e. The molecule has 0 spiro atoms. The minimum Gasteiger partial charge on any atom is -0.316 e. The van der Waals surface area contributed by atoms with Crippen molar-refractivity contribution in [2.45, 2.75) is 26.2 Å². The van der Waals surface area contributed by atoms with Crippen LogP contribution in [-0.2, 0) is 0 Å². The fourth-order valence-electron chi connectivity index (χ4n) is 2.37. The van der Waals surface area contributed by atoms with Gasteiger partial charge in [-0.3, -0.25) is 0 Å². The minimum absolute atomic E-state index is 0.683. The van der Waals surface area contributed by atoms with Gasteiger partial charge in [0.1, 0.15) is 0 Å². The predicted octanol–water partition coefficient (Wildman–Crippen LogP) is 1.40. The summed E-state index contributed by atoms with van der Waals surface area (Å²) in [6, 6.07) is 0. The van der Waals surface area contributed by atoms with Crippen LogP contribution in [0.15, 0.2) is 0 Å². The molecule has 1 saturated carbocycles. The third kappa shape index (κ3) is 0.877. The zero-order valence-electron chi connectivity index (χ0n) is 6.11. The van der Waals surface area contributed by atoms with Crippen molar-refractivity contribution in [2.24, 2.45) is 11.3 Å². The summed E-state index contributed by atoms with van der Waals surface area (Å²) >= 11 is 0. The van der Waals surface area contributed by atoms with Gasteiger partial charge in [-0.2, -0.15) is 0 Å². The SMILES string of the molecule is C[C@]12CCC(CNC1)C2. The molecule has 1 aliphatic heterocycles. The smallest absolute Gasteiger partial charge is 0.000539 e. The molecule has 1 heteroatoms. The topological polar surface area (TPSA) is 12.0 Å². The van der Waals surface area contributed by atoms with Gasteiger partial charge in [0.05, 0.1) is 0 Å². The van der Waals surface area contributed by atoms with Gasteiger partial charge < -0.3 is 5.32 Å². The van der Waals surface area contributed by atoms with Gasteiger partial charge >= 0.3 is 0 Å². The standard InChI is InChI=1S/C8H15N/c1-8-3-2-7(4-8)5-9-6-8/h7,9H,2-6H2,1H3/t7?,8-/m1/s1. The van der Waals surface area contributed by atoms with Gasteiger partial charge in [0.15, 0.2) is 0 Å². The van der Waals surface area contributed by atoms with Gasteiger partial charge in [-0.1, -0.05) is 6.92 Å². The van der Waals surface area contributed by atoms with Crippen LogP contribution >= 0.6 is 0 Å². The molecular weight excluding hydrogens is 110 g/mol. The lowest BCUT2D eigenvalue weighted by atomic mass is 9.85. The Morgan fingerprint density at radius 3 is 3.11 bits per heavy atom. The maximum Gasteiger partial charge on any atom is 0.000539 e. The summed E-state index contributed by atoms with van der Waals surface area (Å²) < 4.78 is 0. The predicted molar refractivity (Wildman–Crippen MR) is 38.3 cm³/mol. The van der Waals surface area contributed by atoms with E-state index in [4.69, 9.17) is 0 Å². The highest BCUT2D eigenvalue weighted by Crippen LogP contribution is 2.42. The summed E-state index contributed by atoms with van der Waals surface area (Å²) in [6.45, 7) is 4.97. The lowest BCUT2D eigenvalue weighted by Gasteiger charge is -2.29. The van der Waals surface area contributed by atoms with E-state index < -0.39 is 0 Å². The van der Waals surface area contributed by atoms with Crippen LogP contribution in [0.2, 0.25) is 0 Å². The fraction of sp³-hybridized carbons (Fsp3) is 1.00. The summed E-state index contributed by atoms with van der Waals surface area (Å²) in [5.74, 6) is 1.02. The van der Waals surface area contributed by atoms with Crippen molar-refractivity contribution in [2.75, 3.05) is 13.1 Å². The highest BCUT2D eigenvalue weighted by molar-refractivity contribution is 4.92. The Bertz CT molecular complexity index is 118. The highest BCUT2D eigenvalue weighted by Gasteiger charge is 2.37. The highest BCUT2D eigenvalue weighted by atomic mass is 14.9. The molecule has 52 valence electrons. The van der Waals surface area contributed by atoms with Gasteiger partial charge in [0.25, 0.3) is 0 Å². The van der Waals surface area contributed by atoms with E-state index in [0.29, 0.717) is 5.41 Å².